The summed E-state index contributed by atoms with van der Waals surface area (Å²) in [6.45, 7) is 2.14. The molecule has 4 heteroatoms. The molecule has 0 fully saturated rings. The van der Waals surface area contributed by atoms with Crippen molar-refractivity contribution in [2.24, 2.45) is 0 Å². The SMILES string of the molecule is CC(O)Cc1ccc(OCc2cc(Cl)ccc2Cl)cc1. The van der Waals surface area contributed by atoms with Crippen molar-refractivity contribution in [1.82, 2.24) is 0 Å². The minimum Gasteiger partial charge on any atom is -0.489 e. The van der Waals surface area contributed by atoms with Crippen LogP contribution in [0.25, 0.3) is 0 Å². The van der Waals surface area contributed by atoms with Crippen LogP contribution in [-0.2, 0) is 13.0 Å². The molecule has 1 unspecified atom stereocenters. The molecule has 20 heavy (non-hydrogen) atoms. The van der Waals surface area contributed by atoms with Crippen molar-refractivity contribution in [3.63, 3.8) is 0 Å². The van der Waals surface area contributed by atoms with Gasteiger partial charge in [-0.2, -0.15) is 0 Å². The summed E-state index contributed by atoms with van der Waals surface area (Å²) in [5.74, 6) is 0.760. The molecule has 0 saturated heterocycles. The molecule has 0 aliphatic rings. The molecule has 0 aliphatic carbocycles. The molecule has 0 spiro atoms. The van der Waals surface area contributed by atoms with E-state index in [-0.39, 0.29) is 6.10 Å². The van der Waals surface area contributed by atoms with Crippen LogP contribution in [0.3, 0.4) is 0 Å². The third kappa shape index (κ3) is 4.41. The van der Waals surface area contributed by atoms with Gasteiger partial charge in [0.25, 0.3) is 0 Å². The Morgan fingerprint density at radius 2 is 1.80 bits per heavy atom. The first kappa shape index (κ1) is 15.2. The molecule has 0 bridgehead atoms. The number of ether oxygens (including phenoxy) is 1. The molecular weight excluding hydrogens is 295 g/mol. The minimum absolute atomic E-state index is 0.341. The molecule has 2 aromatic carbocycles. The van der Waals surface area contributed by atoms with E-state index >= 15 is 0 Å². The number of hydrogen-bond acceptors (Lipinski definition) is 2. The second-order valence-corrected chi connectivity index (χ2v) is 5.57. The van der Waals surface area contributed by atoms with Gasteiger partial charge in [0.15, 0.2) is 0 Å². The number of hydrogen-bond donors (Lipinski definition) is 1. The maximum Gasteiger partial charge on any atom is 0.119 e. The summed E-state index contributed by atoms with van der Waals surface area (Å²) in [5.41, 5.74) is 1.93. The van der Waals surface area contributed by atoms with Gasteiger partial charge in [-0.05, 0) is 49.2 Å². The molecule has 2 nitrogen and oxygen atoms in total. The van der Waals surface area contributed by atoms with E-state index in [4.69, 9.17) is 27.9 Å². The molecule has 0 saturated carbocycles. The van der Waals surface area contributed by atoms with Gasteiger partial charge in [-0.3, -0.25) is 0 Å². The van der Waals surface area contributed by atoms with Gasteiger partial charge < -0.3 is 9.84 Å². The standard InChI is InChI=1S/C16H16Cl2O2/c1-11(19)8-12-2-5-15(6-3-12)20-10-13-9-14(17)4-7-16(13)18/h2-7,9,11,19H,8,10H2,1H3. The third-order valence-electron chi connectivity index (χ3n) is 2.86. The van der Waals surface area contributed by atoms with E-state index in [0.717, 1.165) is 16.9 Å². The van der Waals surface area contributed by atoms with Gasteiger partial charge in [0.1, 0.15) is 12.4 Å². The van der Waals surface area contributed by atoms with Gasteiger partial charge in [-0.1, -0.05) is 35.3 Å². The number of benzene rings is 2. The monoisotopic (exact) mass is 310 g/mol. The Hall–Kier alpha value is -1.22. The van der Waals surface area contributed by atoms with Crippen LogP contribution >= 0.6 is 23.2 Å². The second-order valence-electron chi connectivity index (χ2n) is 4.72. The van der Waals surface area contributed by atoms with Gasteiger partial charge in [0.05, 0.1) is 6.10 Å². The van der Waals surface area contributed by atoms with Gasteiger partial charge >= 0.3 is 0 Å². The van der Waals surface area contributed by atoms with E-state index in [1.165, 1.54) is 0 Å². The maximum absolute atomic E-state index is 9.33. The van der Waals surface area contributed by atoms with Gasteiger partial charge in [0.2, 0.25) is 0 Å². The van der Waals surface area contributed by atoms with Crippen LogP contribution in [-0.4, -0.2) is 11.2 Å². The summed E-state index contributed by atoms with van der Waals surface area (Å²) in [6.07, 6.45) is 0.299. The van der Waals surface area contributed by atoms with Crippen molar-refractivity contribution >= 4 is 23.2 Å². The lowest BCUT2D eigenvalue weighted by molar-refractivity contribution is 0.195. The Kier molecular flexibility index (Phi) is 5.30. The lowest BCUT2D eigenvalue weighted by Gasteiger charge is -2.09. The highest BCUT2D eigenvalue weighted by Gasteiger charge is 2.04. The summed E-state index contributed by atoms with van der Waals surface area (Å²) in [6, 6.07) is 13.0. The van der Waals surface area contributed by atoms with Gasteiger partial charge in [0, 0.05) is 15.6 Å². The molecule has 2 aromatic rings. The predicted octanol–water partition coefficient (Wildman–Crippen LogP) is 4.50. The highest BCUT2D eigenvalue weighted by Crippen LogP contribution is 2.22. The van der Waals surface area contributed by atoms with E-state index in [9.17, 15) is 5.11 Å². The Morgan fingerprint density at radius 3 is 2.45 bits per heavy atom. The van der Waals surface area contributed by atoms with Crippen LogP contribution < -0.4 is 4.74 Å². The Balaban J connectivity index is 1.98. The third-order valence-corrected chi connectivity index (χ3v) is 3.46. The molecule has 0 aliphatic heterocycles. The Bertz CT molecular complexity index is 565. The zero-order valence-electron chi connectivity index (χ0n) is 11.1. The van der Waals surface area contributed by atoms with Crippen LogP contribution in [0, 0.1) is 0 Å². The first-order chi connectivity index (χ1) is 9.54. The van der Waals surface area contributed by atoms with Gasteiger partial charge in [-0.25, -0.2) is 0 Å². The quantitative estimate of drug-likeness (QED) is 0.881. The van der Waals surface area contributed by atoms with Crippen molar-refractivity contribution in [2.75, 3.05) is 0 Å². The Morgan fingerprint density at radius 1 is 1.10 bits per heavy atom. The van der Waals surface area contributed by atoms with Crippen LogP contribution in [0.4, 0.5) is 0 Å². The molecule has 0 radical (unpaired) electrons. The number of halogens is 2. The first-order valence-corrected chi connectivity index (χ1v) is 7.14. The van der Waals surface area contributed by atoms with Crippen molar-refractivity contribution in [1.29, 1.82) is 0 Å². The number of aliphatic hydroxyl groups excluding tert-OH is 1. The van der Waals surface area contributed by atoms with Gasteiger partial charge in [-0.15, -0.1) is 0 Å². The van der Waals surface area contributed by atoms with E-state index < -0.39 is 0 Å². The molecular formula is C16H16Cl2O2. The molecule has 1 atom stereocenters. The fourth-order valence-corrected chi connectivity index (χ4v) is 2.24. The normalized spacial score (nSPS) is 12.2. The second kappa shape index (κ2) is 6.98. The molecule has 106 valence electrons. The van der Waals surface area contributed by atoms with Crippen molar-refractivity contribution in [3.05, 3.63) is 63.6 Å². The topological polar surface area (TPSA) is 29.5 Å². The van der Waals surface area contributed by atoms with E-state index in [2.05, 4.69) is 0 Å². The first-order valence-electron chi connectivity index (χ1n) is 6.38. The largest absolute Gasteiger partial charge is 0.489 e. The summed E-state index contributed by atoms with van der Waals surface area (Å²) >= 11 is 12.0. The van der Waals surface area contributed by atoms with Crippen molar-refractivity contribution in [2.45, 2.75) is 26.1 Å². The molecule has 0 amide bonds. The highest BCUT2D eigenvalue weighted by atomic mass is 35.5. The van der Waals surface area contributed by atoms with Crippen LogP contribution in [0.1, 0.15) is 18.1 Å². The van der Waals surface area contributed by atoms with Crippen LogP contribution in [0.5, 0.6) is 5.75 Å². The number of rotatable bonds is 5. The van der Waals surface area contributed by atoms with Crippen molar-refractivity contribution < 1.29 is 9.84 Å². The summed E-state index contributed by atoms with van der Waals surface area (Å²) in [7, 11) is 0. The maximum atomic E-state index is 9.33. The average molecular weight is 311 g/mol. The lowest BCUT2D eigenvalue weighted by atomic mass is 10.1. The summed E-state index contributed by atoms with van der Waals surface area (Å²) < 4.78 is 5.68. The molecule has 0 aromatic heterocycles. The highest BCUT2D eigenvalue weighted by molar-refractivity contribution is 6.33. The average Bonchev–Trinajstić information content (AvgIpc) is 2.41. The van der Waals surface area contributed by atoms with Crippen molar-refractivity contribution in [3.8, 4) is 5.75 Å². The number of aliphatic hydroxyl groups is 1. The van der Waals surface area contributed by atoms with E-state index in [1.807, 2.05) is 24.3 Å². The molecule has 1 N–H and O–H groups in total. The van der Waals surface area contributed by atoms with Crippen LogP contribution in [0.15, 0.2) is 42.5 Å². The predicted molar refractivity (Wildman–Crippen MR) is 82.6 cm³/mol. The van der Waals surface area contributed by atoms with Crippen LogP contribution in [0.2, 0.25) is 10.0 Å². The van der Waals surface area contributed by atoms with E-state index in [0.29, 0.717) is 23.1 Å². The van der Waals surface area contributed by atoms with E-state index in [1.54, 1.807) is 25.1 Å². The smallest absolute Gasteiger partial charge is 0.119 e. The molecule has 0 heterocycles. The fraction of sp³-hybridized carbons (Fsp3) is 0.250. The minimum atomic E-state index is -0.341. The summed E-state index contributed by atoms with van der Waals surface area (Å²) in [4.78, 5) is 0. The molecule has 2 rings (SSSR count). The Labute approximate surface area is 128 Å². The zero-order chi connectivity index (χ0) is 14.5. The zero-order valence-corrected chi connectivity index (χ0v) is 12.7. The lowest BCUT2D eigenvalue weighted by Crippen LogP contribution is -2.04. The fourth-order valence-electron chi connectivity index (χ4n) is 1.88. The summed E-state index contributed by atoms with van der Waals surface area (Å²) in [5, 5.41) is 10.6.